The van der Waals surface area contributed by atoms with Crippen molar-refractivity contribution >= 4 is 17.9 Å². The van der Waals surface area contributed by atoms with E-state index in [1.165, 1.54) is 0 Å². The molecular formula is C23H18F3N3O4. The van der Waals surface area contributed by atoms with Crippen molar-refractivity contribution < 1.29 is 32.6 Å². The molecule has 1 aliphatic carbocycles. The first-order valence-electron chi connectivity index (χ1n) is 10.3. The van der Waals surface area contributed by atoms with Gasteiger partial charge in [0, 0.05) is 18.5 Å². The summed E-state index contributed by atoms with van der Waals surface area (Å²) in [6.07, 6.45) is -5.94. The number of anilines is 1. The van der Waals surface area contributed by atoms with Gasteiger partial charge in [0.25, 0.3) is 0 Å². The molecule has 7 nitrogen and oxygen atoms in total. The molecule has 170 valence electrons. The molecule has 1 N–H and O–H groups in total. The van der Waals surface area contributed by atoms with Crippen molar-refractivity contribution in [3.8, 4) is 11.1 Å². The van der Waals surface area contributed by atoms with Crippen LogP contribution in [0.25, 0.3) is 11.1 Å². The Morgan fingerprint density at radius 3 is 2.24 bits per heavy atom. The molecule has 2 heterocycles. The van der Waals surface area contributed by atoms with Crippen LogP contribution in [0.5, 0.6) is 0 Å². The van der Waals surface area contributed by atoms with E-state index >= 15 is 0 Å². The summed E-state index contributed by atoms with van der Waals surface area (Å²) in [5, 5.41) is 12.8. The van der Waals surface area contributed by atoms with Gasteiger partial charge in [0.15, 0.2) is 11.7 Å². The van der Waals surface area contributed by atoms with Crippen LogP contribution in [0.1, 0.15) is 40.0 Å². The Hall–Kier alpha value is -3.82. The molecule has 3 aromatic rings. The molecule has 5 rings (SSSR count). The van der Waals surface area contributed by atoms with Gasteiger partial charge in [-0.1, -0.05) is 48.5 Å². The number of aromatic nitrogens is 2. The minimum absolute atomic E-state index is 0.00795. The number of amides is 1. The minimum atomic E-state index is -4.64. The van der Waals surface area contributed by atoms with Crippen molar-refractivity contribution in [1.82, 2.24) is 9.78 Å². The first kappa shape index (κ1) is 21.0. The molecule has 1 atom stereocenters. The number of aromatic carboxylic acids is 1. The average molecular weight is 457 g/mol. The van der Waals surface area contributed by atoms with Crippen molar-refractivity contribution in [2.75, 3.05) is 18.1 Å². The number of benzene rings is 2. The Balaban J connectivity index is 1.40. The first-order chi connectivity index (χ1) is 15.8. The summed E-state index contributed by atoms with van der Waals surface area (Å²) in [6.45, 7) is -0.280. The number of carbonyl (C=O) groups is 2. The summed E-state index contributed by atoms with van der Waals surface area (Å²) in [4.78, 5) is 25.2. The van der Waals surface area contributed by atoms with Crippen LogP contribution in [0, 0.1) is 0 Å². The third kappa shape index (κ3) is 3.51. The Kier molecular flexibility index (Phi) is 4.88. The molecule has 33 heavy (non-hydrogen) atoms. The lowest BCUT2D eigenvalue weighted by Crippen LogP contribution is -2.43. The Morgan fingerprint density at radius 1 is 1.06 bits per heavy atom. The van der Waals surface area contributed by atoms with E-state index < -0.39 is 36.4 Å². The third-order valence-corrected chi connectivity index (χ3v) is 6.07. The molecule has 0 bridgehead atoms. The van der Waals surface area contributed by atoms with Crippen LogP contribution < -0.4 is 4.90 Å². The lowest BCUT2D eigenvalue weighted by molar-refractivity contribution is -0.172. The molecule has 1 aliphatic heterocycles. The van der Waals surface area contributed by atoms with Gasteiger partial charge in [0.05, 0.1) is 0 Å². The van der Waals surface area contributed by atoms with E-state index in [0.29, 0.717) is 4.68 Å². The fourth-order valence-electron chi connectivity index (χ4n) is 4.57. The molecule has 0 fully saturated rings. The molecule has 2 aromatic carbocycles. The summed E-state index contributed by atoms with van der Waals surface area (Å²) < 4.78 is 46.4. The average Bonchev–Trinajstić information content (AvgIpc) is 3.36. The van der Waals surface area contributed by atoms with Crippen LogP contribution in [-0.2, 0) is 4.74 Å². The van der Waals surface area contributed by atoms with Gasteiger partial charge >= 0.3 is 18.2 Å². The van der Waals surface area contributed by atoms with Gasteiger partial charge < -0.3 is 9.84 Å². The molecule has 2 aliphatic rings. The number of carbonyl (C=O) groups excluding carboxylic acids is 1. The Labute approximate surface area is 186 Å². The number of fused-ring (bicyclic) bond motifs is 4. The highest BCUT2D eigenvalue weighted by Crippen LogP contribution is 2.45. The van der Waals surface area contributed by atoms with Gasteiger partial charge in [0.1, 0.15) is 12.4 Å². The monoisotopic (exact) mass is 457 g/mol. The first-order valence-corrected chi connectivity index (χ1v) is 10.3. The van der Waals surface area contributed by atoms with E-state index in [1.54, 1.807) is 0 Å². The molecule has 10 heteroatoms. The van der Waals surface area contributed by atoms with E-state index in [4.69, 9.17) is 4.74 Å². The van der Waals surface area contributed by atoms with Gasteiger partial charge in [-0.2, -0.15) is 18.3 Å². The lowest BCUT2D eigenvalue weighted by atomic mass is 9.98. The van der Waals surface area contributed by atoms with Crippen molar-refractivity contribution in [1.29, 1.82) is 0 Å². The molecule has 0 spiro atoms. The number of alkyl halides is 3. The van der Waals surface area contributed by atoms with E-state index in [2.05, 4.69) is 5.10 Å². The van der Waals surface area contributed by atoms with Crippen molar-refractivity contribution in [3.05, 3.63) is 71.4 Å². The molecule has 1 amide bonds. The quantitative estimate of drug-likeness (QED) is 0.608. The SMILES string of the molecule is O=C(O)c1cc2n(n1)C(C(F)(F)F)CCN2C(=O)OCC1c2ccccc2-c2ccccc21. The molecular weight excluding hydrogens is 439 g/mol. The summed E-state index contributed by atoms with van der Waals surface area (Å²) in [5.41, 5.74) is 3.52. The number of nitrogens with zero attached hydrogens (tertiary/aromatic N) is 3. The molecule has 0 radical (unpaired) electrons. The highest BCUT2D eigenvalue weighted by Gasteiger charge is 2.47. The number of carboxylic acid groups (broad SMARTS) is 1. The number of halogens is 3. The zero-order valence-corrected chi connectivity index (χ0v) is 17.1. The number of carboxylic acids is 1. The van der Waals surface area contributed by atoms with Gasteiger partial charge in [-0.25, -0.2) is 14.3 Å². The van der Waals surface area contributed by atoms with Crippen LogP contribution in [0.2, 0.25) is 0 Å². The van der Waals surface area contributed by atoms with E-state index in [0.717, 1.165) is 33.2 Å². The highest BCUT2D eigenvalue weighted by molar-refractivity contribution is 5.91. The van der Waals surface area contributed by atoms with Crippen LogP contribution in [-0.4, -0.2) is 46.3 Å². The van der Waals surface area contributed by atoms with Crippen LogP contribution >= 0.6 is 0 Å². The second-order valence-electron chi connectivity index (χ2n) is 7.94. The van der Waals surface area contributed by atoms with Gasteiger partial charge in [0.2, 0.25) is 0 Å². The zero-order valence-electron chi connectivity index (χ0n) is 17.1. The summed E-state index contributed by atoms with van der Waals surface area (Å²) in [7, 11) is 0. The molecule has 1 unspecified atom stereocenters. The topological polar surface area (TPSA) is 84.7 Å². The number of hydrogen-bond acceptors (Lipinski definition) is 4. The lowest BCUT2D eigenvalue weighted by Gasteiger charge is -2.33. The summed E-state index contributed by atoms with van der Waals surface area (Å²) in [6, 6.07) is 14.5. The smallest absolute Gasteiger partial charge is 0.415 e. The second-order valence-corrected chi connectivity index (χ2v) is 7.94. The maximum absolute atomic E-state index is 13.4. The van der Waals surface area contributed by atoms with Crippen LogP contribution in [0.3, 0.4) is 0 Å². The molecule has 0 saturated carbocycles. The van der Waals surface area contributed by atoms with E-state index in [9.17, 15) is 27.9 Å². The van der Waals surface area contributed by atoms with E-state index in [1.807, 2.05) is 48.5 Å². The van der Waals surface area contributed by atoms with Crippen molar-refractivity contribution in [3.63, 3.8) is 0 Å². The van der Waals surface area contributed by atoms with Gasteiger partial charge in [-0.05, 0) is 28.7 Å². The minimum Gasteiger partial charge on any atom is -0.476 e. The van der Waals surface area contributed by atoms with E-state index in [-0.39, 0.29) is 24.9 Å². The molecule has 1 aromatic heterocycles. The fraction of sp³-hybridized carbons (Fsp3) is 0.261. The normalized spacial score (nSPS) is 17.3. The maximum Gasteiger partial charge on any atom is 0.415 e. The summed E-state index contributed by atoms with van der Waals surface area (Å²) >= 11 is 0. The standard InChI is InChI=1S/C23H18F3N3O4/c24-23(25,26)19-9-10-28(20-11-18(21(30)31)27-29(19)20)22(32)33-12-17-15-7-3-1-5-13(15)14-6-2-4-8-16(14)17/h1-8,11,17,19H,9-10,12H2,(H,30,31). The van der Waals surface area contributed by atoms with Crippen LogP contribution in [0.4, 0.5) is 23.8 Å². The predicted molar refractivity (Wildman–Crippen MR) is 111 cm³/mol. The zero-order chi connectivity index (χ0) is 23.3. The van der Waals surface area contributed by atoms with Crippen molar-refractivity contribution in [2.24, 2.45) is 0 Å². The largest absolute Gasteiger partial charge is 0.476 e. The van der Waals surface area contributed by atoms with Gasteiger partial charge in [-0.3, -0.25) is 4.90 Å². The predicted octanol–water partition coefficient (Wildman–Crippen LogP) is 4.84. The number of hydrogen-bond donors (Lipinski definition) is 1. The summed E-state index contributed by atoms with van der Waals surface area (Å²) in [5.74, 6) is -1.95. The van der Waals surface area contributed by atoms with Crippen LogP contribution in [0.15, 0.2) is 54.6 Å². The van der Waals surface area contributed by atoms with Gasteiger partial charge in [-0.15, -0.1) is 0 Å². The Bertz CT molecular complexity index is 1210. The van der Waals surface area contributed by atoms with Crippen molar-refractivity contribution in [2.45, 2.75) is 24.6 Å². The molecule has 0 saturated heterocycles. The third-order valence-electron chi connectivity index (χ3n) is 6.07. The highest BCUT2D eigenvalue weighted by atomic mass is 19.4. The Morgan fingerprint density at radius 2 is 1.67 bits per heavy atom. The number of ether oxygens (including phenoxy) is 1. The number of rotatable bonds is 3. The second kappa shape index (κ2) is 7.65. The fourth-order valence-corrected chi connectivity index (χ4v) is 4.57. The maximum atomic E-state index is 13.4.